The van der Waals surface area contributed by atoms with Crippen molar-refractivity contribution in [1.29, 1.82) is 0 Å². The molecule has 0 aliphatic carbocycles. The molecule has 3 N–H and O–H groups in total. The van der Waals surface area contributed by atoms with Crippen LogP contribution >= 0.6 is 0 Å². The predicted molar refractivity (Wildman–Crippen MR) is 124 cm³/mol. The van der Waals surface area contributed by atoms with Gasteiger partial charge in [0.2, 0.25) is 10.0 Å². The first-order valence-corrected chi connectivity index (χ1v) is 11.8. The lowest BCUT2D eigenvalue weighted by Gasteiger charge is -2.21. The second-order valence-electron chi connectivity index (χ2n) is 7.48. The summed E-state index contributed by atoms with van der Waals surface area (Å²) in [4.78, 5) is 15.4. The predicted octanol–water partition coefficient (Wildman–Crippen LogP) is 4.56. The third kappa shape index (κ3) is 4.88. The first-order chi connectivity index (χ1) is 15.9. The molecular formula is C21H20F3N7O2S. The van der Waals surface area contributed by atoms with E-state index in [1.54, 1.807) is 37.3 Å². The van der Waals surface area contributed by atoms with Crippen molar-refractivity contribution >= 4 is 49.9 Å². The van der Waals surface area contributed by atoms with Crippen LogP contribution in [-0.4, -0.2) is 41.7 Å². The number of aryl methyl sites for hydroxylation is 1. The van der Waals surface area contributed by atoms with Gasteiger partial charge in [-0.15, -0.1) is 0 Å². The number of aromatic nitrogens is 4. The number of aromatic amines is 1. The van der Waals surface area contributed by atoms with E-state index in [0.717, 1.165) is 16.6 Å². The molecule has 3 aromatic heterocycles. The summed E-state index contributed by atoms with van der Waals surface area (Å²) in [5.41, 5.74) is 1.15. The van der Waals surface area contributed by atoms with Gasteiger partial charge < -0.3 is 15.6 Å². The highest BCUT2D eigenvalue weighted by Crippen LogP contribution is 2.34. The van der Waals surface area contributed by atoms with E-state index in [4.69, 9.17) is 0 Å². The van der Waals surface area contributed by atoms with Gasteiger partial charge in [0.25, 0.3) is 0 Å². The molecule has 0 amide bonds. The van der Waals surface area contributed by atoms with Crippen LogP contribution in [0.1, 0.15) is 11.5 Å². The summed E-state index contributed by atoms with van der Waals surface area (Å²) >= 11 is 0. The molecule has 34 heavy (non-hydrogen) atoms. The van der Waals surface area contributed by atoms with Crippen LogP contribution in [0.15, 0.2) is 48.5 Å². The minimum absolute atomic E-state index is 0.0407. The van der Waals surface area contributed by atoms with Crippen LogP contribution in [0.2, 0.25) is 0 Å². The summed E-state index contributed by atoms with van der Waals surface area (Å²) in [6.07, 6.45) is -3.49. The molecule has 4 rings (SSSR count). The lowest BCUT2D eigenvalue weighted by molar-refractivity contribution is -0.141. The zero-order valence-electron chi connectivity index (χ0n) is 18.3. The summed E-state index contributed by atoms with van der Waals surface area (Å²) in [6.45, 7) is 1.73. The van der Waals surface area contributed by atoms with Crippen LogP contribution in [0.5, 0.6) is 0 Å². The summed E-state index contributed by atoms with van der Waals surface area (Å²) in [7, 11) is -2.09. The highest BCUT2D eigenvalue weighted by Gasteiger charge is 2.32. The SMILES string of the molecule is Cc1nc2c(Nc3ccccc3N(C)S(C)(=O)=O)cc(Nc3cccc(C(F)(F)F)n3)nc2[nH]1. The molecule has 0 fully saturated rings. The Bertz CT molecular complexity index is 1470. The van der Waals surface area contributed by atoms with Crippen LogP contribution in [0, 0.1) is 6.92 Å². The number of para-hydroxylation sites is 2. The van der Waals surface area contributed by atoms with E-state index in [2.05, 4.69) is 30.6 Å². The number of hydrogen-bond acceptors (Lipinski definition) is 7. The number of anilines is 5. The fraction of sp³-hybridized carbons (Fsp3) is 0.190. The van der Waals surface area contributed by atoms with Crippen LogP contribution in [0.25, 0.3) is 11.2 Å². The van der Waals surface area contributed by atoms with Gasteiger partial charge in [-0.3, -0.25) is 4.31 Å². The number of sulfonamides is 1. The van der Waals surface area contributed by atoms with Gasteiger partial charge in [0.15, 0.2) is 5.65 Å². The number of halogens is 3. The van der Waals surface area contributed by atoms with Gasteiger partial charge in [-0.2, -0.15) is 13.2 Å². The lowest BCUT2D eigenvalue weighted by atomic mass is 10.2. The third-order valence-corrected chi connectivity index (χ3v) is 6.07. The molecule has 178 valence electrons. The Balaban J connectivity index is 1.76. The molecule has 1 aromatic carbocycles. The number of imidazole rings is 1. The van der Waals surface area contributed by atoms with Crippen LogP contribution in [0.4, 0.5) is 41.9 Å². The van der Waals surface area contributed by atoms with Crippen molar-refractivity contribution in [1.82, 2.24) is 19.9 Å². The molecule has 0 radical (unpaired) electrons. The molecule has 0 unspecified atom stereocenters. The van der Waals surface area contributed by atoms with E-state index < -0.39 is 21.9 Å². The molecule has 9 nitrogen and oxygen atoms in total. The van der Waals surface area contributed by atoms with Gasteiger partial charge in [0.1, 0.15) is 28.7 Å². The second-order valence-corrected chi connectivity index (χ2v) is 9.49. The smallest absolute Gasteiger partial charge is 0.352 e. The first kappa shape index (κ1) is 23.3. The van der Waals surface area contributed by atoms with E-state index in [1.165, 1.54) is 19.2 Å². The monoisotopic (exact) mass is 491 g/mol. The van der Waals surface area contributed by atoms with Crippen molar-refractivity contribution < 1.29 is 21.6 Å². The number of pyridine rings is 2. The van der Waals surface area contributed by atoms with Gasteiger partial charge >= 0.3 is 6.18 Å². The molecule has 0 atom stereocenters. The van der Waals surface area contributed by atoms with Gasteiger partial charge in [-0.1, -0.05) is 18.2 Å². The fourth-order valence-corrected chi connectivity index (χ4v) is 3.75. The maximum absolute atomic E-state index is 13.0. The zero-order valence-corrected chi connectivity index (χ0v) is 19.1. The van der Waals surface area contributed by atoms with Crippen LogP contribution < -0.4 is 14.9 Å². The molecule has 0 bridgehead atoms. The first-order valence-electron chi connectivity index (χ1n) is 9.90. The molecule has 0 saturated heterocycles. The summed E-state index contributed by atoms with van der Waals surface area (Å²) < 4.78 is 64.4. The standard InChI is InChI=1S/C21H20F3N7O2S/c1-12-25-19-14(27-13-7-4-5-8-15(13)31(2)34(3,32)33)11-18(30-20(19)26-12)29-17-10-6-9-16(28-17)21(22,23)24/h4-11H,1-3H3,(H3,25,26,27,28,29,30). The number of nitrogens with zero attached hydrogens (tertiary/aromatic N) is 4. The molecule has 3 heterocycles. The van der Waals surface area contributed by atoms with Gasteiger partial charge in [-0.05, 0) is 31.2 Å². The maximum atomic E-state index is 13.0. The van der Waals surface area contributed by atoms with Gasteiger partial charge in [0, 0.05) is 13.1 Å². The van der Waals surface area contributed by atoms with Crippen LogP contribution in [0.3, 0.4) is 0 Å². The number of benzene rings is 1. The molecule has 13 heteroatoms. The number of fused-ring (bicyclic) bond motifs is 1. The van der Waals surface area contributed by atoms with E-state index in [0.29, 0.717) is 34.1 Å². The normalized spacial score (nSPS) is 12.1. The molecule has 0 aliphatic heterocycles. The van der Waals surface area contributed by atoms with Gasteiger partial charge in [0.05, 0.1) is 23.3 Å². The third-order valence-electron chi connectivity index (χ3n) is 4.88. The average Bonchev–Trinajstić information content (AvgIpc) is 3.13. The van der Waals surface area contributed by atoms with Crippen molar-refractivity contribution in [2.75, 3.05) is 28.2 Å². The molecular weight excluding hydrogens is 471 g/mol. The van der Waals surface area contributed by atoms with E-state index in [1.807, 2.05) is 0 Å². The summed E-state index contributed by atoms with van der Waals surface area (Å²) in [6, 6.07) is 11.9. The Kier molecular flexibility index (Phi) is 5.81. The number of hydrogen-bond donors (Lipinski definition) is 3. The Labute approximate surface area is 193 Å². The van der Waals surface area contributed by atoms with Crippen molar-refractivity contribution in [2.45, 2.75) is 13.1 Å². The molecule has 0 spiro atoms. The summed E-state index contributed by atoms with van der Waals surface area (Å²) in [5.74, 6) is 0.738. The van der Waals surface area contributed by atoms with Gasteiger partial charge in [-0.25, -0.2) is 23.4 Å². The number of rotatable bonds is 6. The van der Waals surface area contributed by atoms with Crippen molar-refractivity contribution in [3.8, 4) is 0 Å². The molecule has 0 aliphatic rings. The minimum Gasteiger partial charge on any atom is -0.352 e. The fourth-order valence-electron chi connectivity index (χ4n) is 3.24. The minimum atomic E-state index is -4.59. The zero-order chi connectivity index (χ0) is 24.7. The van der Waals surface area contributed by atoms with Crippen molar-refractivity contribution in [2.24, 2.45) is 0 Å². The quantitative estimate of drug-likeness (QED) is 0.362. The number of nitrogens with one attached hydrogen (secondary N) is 3. The Hall–Kier alpha value is -3.87. The van der Waals surface area contributed by atoms with Crippen LogP contribution in [-0.2, 0) is 16.2 Å². The van der Waals surface area contributed by atoms with E-state index >= 15 is 0 Å². The second kappa shape index (κ2) is 8.48. The topological polar surface area (TPSA) is 116 Å². The van der Waals surface area contributed by atoms with E-state index in [9.17, 15) is 21.6 Å². The highest BCUT2D eigenvalue weighted by molar-refractivity contribution is 7.92. The molecule has 4 aromatic rings. The maximum Gasteiger partial charge on any atom is 0.433 e. The molecule has 0 saturated carbocycles. The highest BCUT2D eigenvalue weighted by atomic mass is 32.2. The summed E-state index contributed by atoms with van der Waals surface area (Å²) in [5, 5.41) is 5.96. The Morgan fingerprint density at radius 1 is 0.941 bits per heavy atom. The van der Waals surface area contributed by atoms with Crippen molar-refractivity contribution in [3.63, 3.8) is 0 Å². The number of H-pyrrole nitrogens is 1. The Morgan fingerprint density at radius 3 is 2.38 bits per heavy atom. The Morgan fingerprint density at radius 2 is 1.68 bits per heavy atom. The lowest BCUT2D eigenvalue weighted by Crippen LogP contribution is -2.25. The van der Waals surface area contributed by atoms with Crippen molar-refractivity contribution in [3.05, 3.63) is 60.0 Å². The van der Waals surface area contributed by atoms with E-state index in [-0.39, 0.29) is 11.6 Å². The number of alkyl halides is 3. The average molecular weight is 491 g/mol. The largest absolute Gasteiger partial charge is 0.433 e.